The molecule has 0 saturated heterocycles. The monoisotopic (exact) mass is 276 g/mol. The number of benzene rings is 2. The lowest BCUT2D eigenvalue weighted by molar-refractivity contribution is 0.823. The standard InChI is InChI=1S/C19H20N2/c20-16-10-8-14-6-7-15-9-11-17(19(16)18(14)15)21-12-13-4-2-1-3-5-13/h1-5,8,10,21H,6-7,9,11-12,20H2. The van der Waals surface area contributed by atoms with Crippen LogP contribution in [0.4, 0.5) is 5.69 Å². The third-order valence-electron chi connectivity index (χ3n) is 4.70. The minimum absolute atomic E-state index is 0.870. The molecule has 2 aliphatic carbocycles. The predicted octanol–water partition coefficient (Wildman–Crippen LogP) is 2.06. The van der Waals surface area contributed by atoms with Crippen molar-refractivity contribution in [3.63, 3.8) is 0 Å². The van der Waals surface area contributed by atoms with Crippen LogP contribution >= 0.6 is 0 Å². The fraction of sp³-hybridized carbons (Fsp3) is 0.263. The van der Waals surface area contributed by atoms with Crippen LogP contribution in [-0.2, 0) is 13.0 Å². The zero-order valence-electron chi connectivity index (χ0n) is 12.2. The van der Waals surface area contributed by atoms with Crippen molar-refractivity contribution >= 4 is 17.0 Å². The highest BCUT2D eigenvalue weighted by Gasteiger charge is 2.19. The zero-order chi connectivity index (χ0) is 14.2. The topological polar surface area (TPSA) is 38.0 Å². The van der Waals surface area contributed by atoms with Gasteiger partial charge < -0.3 is 11.1 Å². The summed E-state index contributed by atoms with van der Waals surface area (Å²) in [5.74, 6) is 0. The van der Waals surface area contributed by atoms with Gasteiger partial charge in [-0.1, -0.05) is 42.0 Å². The molecule has 0 amide bonds. The van der Waals surface area contributed by atoms with Crippen molar-refractivity contribution in [2.75, 3.05) is 5.73 Å². The van der Waals surface area contributed by atoms with Gasteiger partial charge in [0.2, 0.25) is 0 Å². The van der Waals surface area contributed by atoms with Crippen molar-refractivity contribution in [1.82, 2.24) is 5.32 Å². The Bertz CT molecular complexity index is 803. The maximum Gasteiger partial charge on any atom is 0.0411 e. The van der Waals surface area contributed by atoms with Crippen LogP contribution in [0.2, 0.25) is 0 Å². The van der Waals surface area contributed by atoms with Gasteiger partial charge in [-0.25, -0.2) is 0 Å². The molecule has 106 valence electrons. The van der Waals surface area contributed by atoms with Crippen molar-refractivity contribution in [2.45, 2.75) is 32.2 Å². The van der Waals surface area contributed by atoms with Crippen LogP contribution < -0.4 is 21.5 Å². The molecule has 0 atom stereocenters. The summed E-state index contributed by atoms with van der Waals surface area (Å²) in [5.41, 5.74) is 12.9. The van der Waals surface area contributed by atoms with E-state index in [9.17, 15) is 0 Å². The van der Waals surface area contributed by atoms with Gasteiger partial charge in [0.05, 0.1) is 0 Å². The van der Waals surface area contributed by atoms with E-state index in [1.54, 1.807) is 5.57 Å². The van der Waals surface area contributed by atoms with Gasteiger partial charge in [-0.3, -0.25) is 0 Å². The second-order valence-corrected chi connectivity index (χ2v) is 5.99. The Morgan fingerprint density at radius 1 is 0.857 bits per heavy atom. The van der Waals surface area contributed by atoms with Gasteiger partial charge in [0.15, 0.2) is 0 Å². The molecule has 0 radical (unpaired) electrons. The van der Waals surface area contributed by atoms with Gasteiger partial charge in [-0.2, -0.15) is 0 Å². The fourth-order valence-electron chi connectivity index (χ4n) is 3.64. The minimum atomic E-state index is 0.870. The van der Waals surface area contributed by atoms with Crippen LogP contribution in [0.25, 0.3) is 11.3 Å². The van der Waals surface area contributed by atoms with Crippen molar-refractivity contribution in [3.8, 4) is 0 Å². The summed E-state index contributed by atoms with van der Waals surface area (Å²) in [4.78, 5) is 0. The number of hydrogen-bond donors (Lipinski definition) is 2. The van der Waals surface area contributed by atoms with E-state index >= 15 is 0 Å². The molecule has 21 heavy (non-hydrogen) atoms. The Balaban J connectivity index is 1.78. The highest BCUT2D eigenvalue weighted by Crippen LogP contribution is 2.24. The van der Waals surface area contributed by atoms with E-state index in [0.717, 1.165) is 18.7 Å². The van der Waals surface area contributed by atoms with Gasteiger partial charge in [0.1, 0.15) is 0 Å². The van der Waals surface area contributed by atoms with E-state index in [4.69, 9.17) is 5.73 Å². The average Bonchev–Trinajstić information content (AvgIpc) is 2.94. The number of nitrogens with two attached hydrogens (primary N) is 1. The molecule has 2 heteroatoms. The quantitative estimate of drug-likeness (QED) is 0.842. The maximum absolute atomic E-state index is 6.29. The highest BCUT2D eigenvalue weighted by atomic mass is 14.9. The lowest BCUT2D eigenvalue weighted by Gasteiger charge is -2.17. The van der Waals surface area contributed by atoms with Crippen LogP contribution in [0.5, 0.6) is 0 Å². The van der Waals surface area contributed by atoms with Crippen LogP contribution in [0.15, 0.2) is 42.5 Å². The molecule has 0 bridgehead atoms. The molecule has 0 aliphatic heterocycles. The molecular formula is C19H20N2. The van der Waals surface area contributed by atoms with Gasteiger partial charge in [0.25, 0.3) is 0 Å². The summed E-state index contributed by atoms with van der Waals surface area (Å²) in [6, 6.07) is 14.8. The van der Waals surface area contributed by atoms with Crippen LogP contribution in [0, 0.1) is 0 Å². The fourth-order valence-corrected chi connectivity index (χ4v) is 3.64. The van der Waals surface area contributed by atoms with E-state index in [0.29, 0.717) is 0 Å². The predicted molar refractivity (Wildman–Crippen MR) is 87.8 cm³/mol. The van der Waals surface area contributed by atoms with Crippen molar-refractivity contribution < 1.29 is 0 Å². The first-order valence-electron chi connectivity index (χ1n) is 7.73. The molecule has 2 nitrogen and oxygen atoms in total. The van der Waals surface area contributed by atoms with Crippen molar-refractivity contribution in [1.29, 1.82) is 0 Å². The minimum Gasteiger partial charge on any atom is -0.398 e. The molecule has 3 N–H and O–H groups in total. The highest BCUT2D eigenvalue weighted by molar-refractivity contribution is 5.66. The number of nitrogens with one attached hydrogen (secondary N) is 1. The average molecular weight is 276 g/mol. The number of rotatable bonds is 3. The molecule has 0 saturated carbocycles. The van der Waals surface area contributed by atoms with Crippen LogP contribution in [-0.4, -0.2) is 0 Å². The molecule has 2 aromatic carbocycles. The molecule has 2 aliphatic rings. The number of hydrogen-bond acceptors (Lipinski definition) is 2. The Morgan fingerprint density at radius 3 is 2.52 bits per heavy atom. The SMILES string of the molecule is Nc1ccc2c3c1=C(NCc1ccccc1)CCC=3CC2. The third kappa shape index (κ3) is 2.11. The third-order valence-corrected chi connectivity index (χ3v) is 4.70. The maximum atomic E-state index is 6.29. The second kappa shape index (κ2) is 4.96. The van der Waals surface area contributed by atoms with Gasteiger partial charge in [-0.05, 0) is 48.1 Å². The van der Waals surface area contributed by atoms with E-state index in [1.165, 1.54) is 46.5 Å². The Morgan fingerprint density at radius 2 is 1.67 bits per heavy atom. The van der Waals surface area contributed by atoms with Crippen molar-refractivity contribution in [3.05, 3.63) is 64.0 Å². The molecule has 0 spiro atoms. The lowest BCUT2D eigenvalue weighted by Crippen LogP contribution is -2.38. The van der Waals surface area contributed by atoms with Crippen LogP contribution in [0.1, 0.15) is 30.4 Å². The van der Waals surface area contributed by atoms with Crippen LogP contribution in [0.3, 0.4) is 0 Å². The Hall–Kier alpha value is -2.22. The van der Waals surface area contributed by atoms with Crippen molar-refractivity contribution in [2.24, 2.45) is 0 Å². The summed E-state index contributed by atoms with van der Waals surface area (Å²) < 4.78 is 0. The summed E-state index contributed by atoms with van der Waals surface area (Å²) in [7, 11) is 0. The first kappa shape index (κ1) is 12.5. The number of aryl methyl sites for hydroxylation is 1. The van der Waals surface area contributed by atoms with E-state index < -0.39 is 0 Å². The summed E-state index contributed by atoms with van der Waals surface area (Å²) >= 11 is 0. The Labute approximate surface area is 125 Å². The van der Waals surface area contributed by atoms with Gasteiger partial charge >= 0.3 is 0 Å². The largest absolute Gasteiger partial charge is 0.398 e. The number of anilines is 1. The first-order valence-corrected chi connectivity index (χ1v) is 7.73. The molecule has 2 aromatic rings. The molecular weight excluding hydrogens is 256 g/mol. The normalized spacial score (nSPS) is 16.0. The van der Waals surface area contributed by atoms with E-state index in [-0.39, 0.29) is 0 Å². The molecule has 0 aromatic heterocycles. The first-order chi connectivity index (χ1) is 10.3. The summed E-state index contributed by atoms with van der Waals surface area (Å²) in [5, 5.41) is 6.37. The molecule has 0 unspecified atom stereocenters. The zero-order valence-corrected chi connectivity index (χ0v) is 12.2. The second-order valence-electron chi connectivity index (χ2n) is 5.99. The lowest BCUT2D eigenvalue weighted by atomic mass is 9.97. The van der Waals surface area contributed by atoms with Gasteiger partial charge in [0, 0.05) is 23.1 Å². The Kier molecular flexibility index (Phi) is 2.95. The van der Waals surface area contributed by atoms with E-state index in [1.807, 2.05) is 0 Å². The smallest absolute Gasteiger partial charge is 0.0411 e. The number of nitrogen functional groups attached to an aromatic ring is 1. The van der Waals surface area contributed by atoms with E-state index in [2.05, 4.69) is 47.8 Å². The van der Waals surface area contributed by atoms with Gasteiger partial charge in [-0.15, -0.1) is 0 Å². The molecule has 4 rings (SSSR count). The summed E-state index contributed by atoms with van der Waals surface area (Å²) in [6.45, 7) is 0.870. The molecule has 0 heterocycles. The summed E-state index contributed by atoms with van der Waals surface area (Å²) in [6.07, 6.45) is 4.67. The molecule has 0 fully saturated rings.